The quantitative estimate of drug-likeness (QED) is 0.510. The molecule has 4 N–H and O–H groups in total. The molecule has 1 aromatic carbocycles. The molecule has 2 rings (SSSR count). The lowest BCUT2D eigenvalue weighted by molar-refractivity contribution is 0.232. The van der Waals surface area contributed by atoms with Crippen LogP contribution < -0.4 is 15.8 Å². The van der Waals surface area contributed by atoms with Gasteiger partial charge < -0.3 is 15.5 Å². The summed E-state index contributed by atoms with van der Waals surface area (Å²) >= 11 is 0. The highest BCUT2D eigenvalue weighted by atomic mass is 32.2. The van der Waals surface area contributed by atoms with E-state index in [-0.39, 0.29) is 4.90 Å². The summed E-state index contributed by atoms with van der Waals surface area (Å²) in [5.41, 5.74) is 0.834. The molecule has 134 valence electrons. The first-order valence-corrected chi connectivity index (χ1v) is 9.82. The highest BCUT2D eigenvalue weighted by Gasteiger charge is 2.10. The van der Waals surface area contributed by atoms with E-state index in [2.05, 4.69) is 20.5 Å². The average Bonchev–Trinajstić information content (AvgIpc) is 2.58. The molecule has 1 aliphatic rings. The summed E-state index contributed by atoms with van der Waals surface area (Å²) in [5, 5.41) is 11.6. The number of benzene rings is 1. The van der Waals surface area contributed by atoms with Crippen molar-refractivity contribution in [1.82, 2.24) is 15.5 Å². The number of guanidine groups is 1. The van der Waals surface area contributed by atoms with E-state index in [9.17, 15) is 8.42 Å². The molecular formula is C16H27N5O2S. The Labute approximate surface area is 144 Å². The van der Waals surface area contributed by atoms with Gasteiger partial charge in [0.15, 0.2) is 5.96 Å². The van der Waals surface area contributed by atoms with Crippen LogP contribution in [-0.4, -0.2) is 52.5 Å². The van der Waals surface area contributed by atoms with Crippen LogP contribution in [0.1, 0.15) is 24.8 Å². The van der Waals surface area contributed by atoms with Crippen molar-refractivity contribution >= 4 is 16.0 Å². The largest absolute Gasteiger partial charge is 0.355 e. The number of nitrogens with one attached hydrogen (secondary N) is 2. The first-order chi connectivity index (χ1) is 11.5. The van der Waals surface area contributed by atoms with Crippen molar-refractivity contribution in [3.05, 3.63) is 29.8 Å². The van der Waals surface area contributed by atoms with Gasteiger partial charge in [0, 0.05) is 26.7 Å². The molecule has 24 heavy (non-hydrogen) atoms. The van der Waals surface area contributed by atoms with Crippen LogP contribution in [0.3, 0.4) is 0 Å². The third kappa shape index (κ3) is 6.10. The van der Waals surface area contributed by atoms with E-state index in [4.69, 9.17) is 5.14 Å². The van der Waals surface area contributed by atoms with Gasteiger partial charge in [-0.2, -0.15) is 0 Å². The molecule has 1 aromatic rings. The second-order valence-electron chi connectivity index (χ2n) is 5.95. The van der Waals surface area contributed by atoms with Crippen LogP contribution in [0, 0.1) is 0 Å². The van der Waals surface area contributed by atoms with Crippen molar-refractivity contribution in [2.45, 2.75) is 30.7 Å². The molecule has 0 aromatic heterocycles. The van der Waals surface area contributed by atoms with Gasteiger partial charge in [0.25, 0.3) is 0 Å². The maximum atomic E-state index is 11.4. The minimum atomic E-state index is -3.68. The fourth-order valence-electron chi connectivity index (χ4n) is 2.75. The summed E-state index contributed by atoms with van der Waals surface area (Å²) < 4.78 is 22.8. The number of nitrogens with zero attached hydrogens (tertiary/aromatic N) is 2. The van der Waals surface area contributed by atoms with Crippen LogP contribution in [0.25, 0.3) is 0 Å². The SMILES string of the molecule is CN=C(NCCN1CCCCC1)NCc1cccc(S(N)(=O)=O)c1. The second kappa shape index (κ2) is 9.00. The number of sulfonamides is 1. The third-order valence-electron chi connectivity index (χ3n) is 4.08. The number of hydrogen-bond donors (Lipinski definition) is 3. The molecule has 0 aliphatic carbocycles. The highest BCUT2D eigenvalue weighted by molar-refractivity contribution is 7.89. The summed E-state index contributed by atoms with van der Waals surface area (Å²) in [7, 11) is -1.96. The number of piperidine rings is 1. The van der Waals surface area contributed by atoms with Gasteiger partial charge in [0.2, 0.25) is 10.0 Å². The topological polar surface area (TPSA) is 99.8 Å². The molecule has 7 nitrogen and oxygen atoms in total. The molecule has 8 heteroatoms. The molecule has 0 spiro atoms. The van der Waals surface area contributed by atoms with Crippen LogP contribution in [-0.2, 0) is 16.6 Å². The maximum absolute atomic E-state index is 11.4. The lowest BCUT2D eigenvalue weighted by Gasteiger charge is -2.26. The Hall–Kier alpha value is -1.64. The molecule has 1 saturated heterocycles. The first-order valence-electron chi connectivity index (χ1n) is 8.27. The van der Waals surface area contributed by atoms with Gasteiger partial charge in [0.05, 0.1) is 4.90 Å². The van der Waals surface area contributed by atoms with E-state index in [1.807, 2.05) is 6.07 Å². The molecule has 1 fully saturated rings. The predicted octanol–water partition coefficient (Wildman–Crippen LogP) is 0.485. The van der Waals surface area contributed by atoms with E-state index >= 15 is 0 Å². The highest BCUT2D eigenvalue weighted by Crippen LogP contribution is 2.09. The van der Waals surface area contributed by atoms with Gasteiger partial charge in [-0.25, -0.2) is 13.6 Å². The lowest BCUT2D eigenvalue weighted by atomic mass is 10.1. The molecular weight excluding hydrogens is 326 g/mol. The molecule has 0 amide bonds. The smallest absolute Gasteiger partial charge is 0.238 e. The minimum absolute atomic E-state index is 0.120. The van der Waals surface area contributed by atoms with E-state index in [0.717, 1.165) is 18.7 Å². The molecule has 1 heterocycles. The maximum Gasteiger partial charge on any atom is 0.238 e. The fourth-order valence-corrected chi connectivity index (χ4v) is 3.34. The van der Waals surface area contributed by atoms with Crippen LogP contribution in [0.2, 0.25) is 0 Å². The second-order valence-corrected chi connectivity index (χ2v) is 7.51. The predicted molar refractivity (Wildman–Crippen MR) is 96.3 cm³/mol. The van der Waals surface area contributed by atoms with Gasteiger partial charge in [0.1, 0.15) is 0 Å². The first kappa shape index (κ1) is 18.7. The summed E-state index contributed by atoms with van der Waals surface area (Å²) in [4.78, 5) is 6.77. The monoisotopic (exact) mass is 353 g/mol. The van der Waals surface area contributed by atoms with Gasteiger partial charge >= 0.3 is 0 Å². The van der Waals surface area contributed by atoms with E-state index in [1.165, 1.54) is 38.4 Å². The van der Waals surface area contributed by atoms with Crippen molar-refractivity contribution in [2.24, 2.45) is 10.1 Å². The van der Waals surface area contributed by atoms with Crippen molar-refractivity contribution in [1.29, 1.82) is 0 Å². The molecule has 0 unspecified atom stereocenters. The Morgan fingerprint density at radius 2 is 2.00 bits per heavy atom. The zero-order valence-corrected chi connectivity index (χ0v) is 15.0. The number of hydrogen-bond acceptors (Lipinski definition) is 4. The van der Waals surface area contributed by atoms with Gasteiger partial charge in [-0.15, -0.1) is 0 Å². The summed E-state index contributed by atoms with van der Waals surface area (Å²) in [5.74, 6) is 0.702. The van der Waals surface area contributed by atoms with E-state index in [0.29, 0.717) is 12.5 Å². The molecule has 0 saturated carbocycles. The third-order valence-corrected chi connectivity index (χ3v) is 4.99. The zero-order valence-electron chi connectivity index (χ0n) is 14.2. The van der Waals surface area contributed by atoms with Crippen LogP contribution >= 0.6 is 0 Å². The molecule has 1 aliphatic heterocycles. The van der Waals surface area contributed by atoms with Gasteiger partial charge in [-0.1, -0.05) is 18.6 Å². The van der Waals surface area contributed by atoms with Crippen LogP contribution in [0.5, 0.6) is 0 Å². The number of nitrogens with two attached hydrogens (primary N) is 1. The van der Waals surface area contributed by atoms with Crippen LogP contribution in [0.15, 0.2) is 34.2 Å². The zero-order chi connectivity index (χ0) is 17.4. The minimum Gasteiger partial charge on any atom is -0.355 e. The number of primary sulfonamides is 1. The van der Waals surface area contributed by atoms with Crippen molar-refractivity contribution in [2.75, 3.05) is 33.2 Å². The van der Waals surface area contributed by atoms with Crippen molar-refractivity contribution in [3.63, 3.8) is 0 Å². The summed E-state index contributed by atoms with van der Waals surface area (Å²) in [6.07, 6.45) is 3.91. The summed E-state index contributed by atoms with van der Waals surface area (Å²) in [6, 6.07) is 6.60. The van der Waals surface area contributed by atoms with Crippen molar-refractivity contribution in [3.8, 4) is 0 Å². The number of aliphatic imine (C=N–C) groups is 1. The summed E-state index contributed by atoms with van der Waals surface area (Å²) in [6.45, 7) is 4.66. The Kier molecular flexibility index (Phi) is 7.01. The Morgan fingerprint density at radius 1 is 1.25 bits per heavy atom. The Morgan fingerprint density at radius 3 is 2.67 bits per heavy atom. The van der Waals surface area contributed by atoms with Crippen molar-refractivity contribution < 1.29 is 8.42 Å². The Bertz CT molecular complexity index is 654. The van der Waals surface area contributed by atoms with Crippen LogP contribution in [0.4, 0.5) is 0 Å². The number of likely N-dealkylation sites (tertiary alicyclic amines) is 1. The van der Waals surface area contributed by atoms with E-state index in [1.54, 1.807) is 19.2 Å². The normalized spacial score (nSPS) is 16.8. The van der Waals surface area contributed by atoms with E-state index < -0.39 is 10.0 Å². The fraction of sp³-hybridized carbons (Fsp3) is 0.562. The Balaban J connectivity index is 1.79. The molecule has 0 atom stereocenters. The van der Waals surface area contributed by atoms with Gasteiger partial charge in [-0.05, 0) is 43.6 Å². The van der Waals surface area contributed by atoms with Gasteiger partial charge in [-0.3, -0.25) is 4.99 Å². The standard InChI is InChI=1S/C16H27N5O2S/c1-18-16(19-8-11-21-9-3-2-4-10-21)20-13-14-6-5-7-15(12-14)24(17,22)23/h5-7,12H,2-4,8-11,13H2,1H3,(H2,17,22,23)(H2,18,19,20). The molecule has 0 bridgehead atoms. The lowest BCUT2D eigenvalue weighted by Crippen LogP contribution is -2.42. The average molecular weight is 353 g/mol. The number of rotatable bonds is 6. The molecule has 0 radical (unpaired) electrons.